The minimum absolute atomic E-state index is 0.248. The van der Waals surface area contributed by atoms with Gasteiger partial charge in [-0.15, -0.1) is 11.3 Å². The van der Waals surface area contributed by atoms with Crippen LogP contribution in [0.4, 0.5) is 0 Å². The molecule has 18 heavy (non-hydrogen) atoms. The van der Waals surface area contributed by atoms with Gasteiger partial charge in [-0.05, 0) is 18.6 Å². The molecule has 0 amide bonds. The molecule has 0 saturated heterocycles. The Morgan fingerprint density at radius 1 is 1.06 bits per heavy atom. The van der Waals surface area contributed by atoms with Crippen LogP contribution in [0.3, 0.4) is 0 Å². The maximum Gasteiger partial charge on any atom is 0.172 e. The molecule has 1 aromatic heterocycles. The average Bonchev–Trinajstić information content (AvgIpc) is 2.79. The maximum absolute atomic E-state index is 11.8. The molecule has 0 saturated carbocycles. The minimum atomic E-state index is 0.248. The summed E-state index contributed by atoms with van der Waals surface area (Å²) >= 11 is 7.20. The van der Waals surface area contributed by atoms with Crippen molar-refractivity contribution in [2.75, 3.05) is 0 Å². The minimum Gasteiger partial charge on any atom is -0.293 e. The van der Waals surface area contributed by atoms with Crippen molar-refractivity contribution in [1.82, 2.24) is 0 Å². The highest BCUT2D eigenvalue weighted by Crippen LogP contribution is 2.23. The Balaban J connectivity index is 1.99. The summed E-state index contributed by atoms with van der Waals surface area (Å²) in [5.74, 6) is 0.248. The lowest BCUT2D eigenvalue weighted by Gasteiger charge is -2.01. The van der Waals surface area contributed by atoms with E-state index in [1.165, 1.54) is 56.3 Å². The number of rotatable bonds is 10. The lowest BCUT2D eigenvalue weighted by atomic mass is 10.1. The number of unbranched alkanes of at least 4 members (excludes halogenated alkanes) is 7. The zero-order valence-corrected chi connectivity index (χ0v) is 12.8. The molecule has 0 atom stereocenters. The van der Waals surface area contributed by atoms with Crippen LogP contribution in [0.25, 0.3) is 0 Å². The van der Waals surface area contributed by atoms with Crippen LogP contribution in [-0.4, -0.2) is 5.78 Å². The van der Waals surface area contributed by atoms with Gasteiger partial charge in [0.25, 0.3) is 0 Å². The van der Waals surface area contributed by atoms with Gasteiger partial charge in [-0.1, -0.05) is 63.5 Å². The third-order valence-corrected chi connectivity index (χ3v) is 4.38. The number of halogens is 1. The van der Waals surface area contributed by atoms with Crippen LogP contribution in [0.5, 0.6) is 0 Å². The smallest absolute Gasteiger partial charge is 0.172 e. The highest BCUT2D eigenvalue weighted by Gasteiger charge is 2.07. The highest BCUT2D eigenvalue weighted by molar-refractivity contribution is 7.18. The van der Waals surface area contributed by atoms with Gasteiger partial charge in [0.1, 0.15) is 0 Å². The van der Waals surface area contributed by atoms with Crippen molar-refractivity contribution in [1.29, 1.82) is 0 Å². The molecule has 102 valence electrons. The van der Waals surface area contributed by atoms with Crippen LogP contribution in [0.2, 0.25) is 4.34 Å². The number of Topliss-reactive ketones (excluding diaryl/α,β-unsaturated/α-hetero) is 1. The van der Waals surface area contributed by atoms with Crippen LogP contribution in [0, 0.1) is 0 Å². The summed E-state index contributed by atoms with van der Waals surface area (Å²) in [4.78, 5) is 12.6. The molecule has 0 fully saturated rings. The van der Waals surface area contributed by atoms with E-state index < -0.39 is 0 Å². The Hall–Kier alpha value is -0.340. The molecule has 0 aliphatic rings. The Morgan fingerprint density at radius 2 is 1.67 bits per heavy atom. The van der Waals surface area contributed by atoms with Crippen molar-refractivity contribution >= 4 is 28.7 Å². The van der Waals surface area contributed by atoms with Crippen LogP contribution in [0.15, 0.2) is 12.1 Å². The van der Waals surface area contributed by atoms with E-state index in [0.717, 1.165) is 11.3 Å². The van der Waals surface area contributed by atoms with E-state index >= 15 is 0 Å². The molecule has 0 N–H and O–H groups in total. The maximum atomic E-state index is 11.8. The first kappa shape index (κ1) is 15.7. The molecule has 0 aliphatic heterocycles. The van der Waals surface area contributed by atoms with Crippen molar-refractivity contribution in [3.05, 3.63) is 21.3 Å². The fourth-order valence-electron chi connectivity index (χ4n) is 2.01. The van der Waals surface area contributed by atoms with E-state index in [4.69, 9.17) is 11.6 Å². The standard InChI is InChI=1S/C15H23ClOS/c1-2-3-4-5-6-7-8-9-10-13(17)14-11-12-15(16)18-14/h11-12H,2-10H2,1H3. The number of carbonyl (C=O) groups is 1. The van der Waals surface area contributed by atoms with Crippen molar-refractivity contribution < 1.29 is 4.79 Å². The average molecular weight is 287 g/mol. The van der Waals surface area contributed by atoms with Crippen LogP contribution >= 0.6 is 22.9 Å². The quantitative estimate of drug-likeness (QED) is 0.374. The largest absolute Gasteiger partial charge is 0.293 e. The predicted molar refractivity (Wildman–Crippen MR) is 80.9 cm³/mol. The topological polar surface area (TPSA) is 17.1 Å². The van der Waals surface area contributed by atoms with Gasteiger partial charge in [-0.2, -0.15) is 0 Å². The third-order valence-electron chi connectivity index (χ3n) is 3.11. The van der Waals surface area contributed by atoms with E-state index in [9.17, 15) is 4.79 Å². The van der Waals surface area contributed by atoms with Crippen molar-refractivity contribution in [3.63, 3.8) is 0 Å². The zero-order valence-electron chi connectivity index (χ0n) is 11.2. The Kier molecular flexibility index (Phi) is 8.36. The fraction of sp³-hybridized carbons (Fsp3) is 0.667. The van der Waals surface area contributed by atoms with E-state index in [0.29, 0.717) is 10.8 Å². The molecular weight excluding hydrogens is 264 g/mol. The summed E-state index contributed by atoms with van der Waals surface area (Å²) in [5.41, 5.74) is 0. The molecule has 0 unspecified atom stereocenters. The number of carbonyl (C=O) groups excluding carboxylic acids is 1. The van der Waals surface area contributed by atoms with Gasteiger partial charge in [0.2, 0.25) is 0 Å². The van der Waals surface area contributed by atoms with Gasteiger partial charge in [0, 0.05) is 6.42 Å². The summed E-state index contributed by atoms with van der Waals surface area (Å²) in [6, 6.07) is 3.63. The van der Waals surface area contributed by atoms with E-state index in [2.05, 4.69) is 6.92 Å². The normalized spacial score (nSPS) is 10.8. The fourth-order valence-corrected chi connectivity index (χ4v) is 3.02. The highest BCUT2D eigenvalue weighted by atomic mass is 35.5. The summed E-state index contributed by atoms with van der Waals surface area (Å²) in [6.45, 7) is 2.24. The summed E-state index contributed by atoms with van der Waals surface area (Å²) < 4.78 is 0.703. The second-order valence-corrected chi connectivity index (χ2v) is 6.47. The van der Waals surface area contributed by atoms with Gasteiger partial charge in [0.15, 0.2) is 5.78 Å². The lowest BCUT2D eigenvalue weighted by molar-refractivity contribution is 0.0983. The molecule has 3 heteroatoms. The molecule has 1 rings (SSSR count). The second kappa shape index (κ2) is 9.57. The summed E-state index contributed by atoms with van der Waals surface area (Å²) in [5, 5.41) is 0. The van der Waals surface area contributed by atoms with Gasteiger partial charge in [-0.25, -0.2) is 0 Å². The molecule has 0 spiro atoms. The molecule has 1 heterocycles. The monoisotopic (exact) mass is 286 g/mol. The Labute approximate surface area is 120 Å². The number of hydrogen-bond donors (Lipinski definition) is 0. The Bertz CT molecular complexity index is 346. The van der Waals surface area contributed by atoms with E-state index in [1.54, 1.807) is 6.07 Å². The number of hydrogen-bond acceptors (Lipinski definition) is 2. The zero-order chi connectivity index (χ0) is 13.2. The second-order valence-electron chi connectivity index (χ2n) is 4.75. The van der Waals surface area contributed by atoms with Crippen molar-refractivity contribution in [3.8, 4) is 0 Å². The van der Waals surface area contributed by atoms with E-state index in [-0.39, 0.29) is 5.78 Å². The molecular formula is C15H23ClOS. The molecule has 0 radical (unpaired) electrons. The van der Waals surface area contributed by atoms with Crippen LogP contribution in [0.1, 0.15) is 74.4 Å². The SMILES string of the molecule is CCCCCCCCCCC(=O)c1ccc(Cl)s1. The van der Waals surface area contributed by atoms with E-state index in [1.807, 2.05) is 6.07 Å². The van der Waals surface area contributed by atoms with Crippen molar-refractivity contribution in [2.45, 2.75) is 64.7 Å². The first-order valence-electron chi connectivity index (χ1n) is 7.02. The van der Waals surface area contributed by atoms with Crippen molar-refractivity contribution in [2.24, 2.45) is 0 Å². The van der Waals surface area contributed by atoms with Gasteiger partial charge in [-0.3, -0.25) is 4.79 Å². The molecule has 0 aromatic carbocycles. The lowest BCUT2D eigenvalue weighted by Crippen LogP contribution is -1.95. The summed E-state index contributed by atoms with van der Waals surface area (Å²) in [6.07, 6.45) is 10.8. The molecule has 1 nitrogen and oxygen atoms in total. The third kappa shape index (κ3) is 6.55. The first-order chi connectivity index (χ1) is 8.74. The first-order valence-corrected chi connectivity index (χ1v) is 8.22. The predicted octanol–water partition coefficient (Wildman–Crippen LogP) is 6.12. The molecule has 0 aliphatic carbocycles. The van der Waals surface area contributed by atoms with Crippen LogP contribution < -0.4 is 0 Å². The van der Waals surface area contributed by atoms with Gasteiger partial charge < -0.3 is 0 Å². The molecule has 1 aromatic rings. The summed E-state index contributed by atoms with van der Waals surface area (Å²) in [7, 11) is 0. The Morgan fingerprint density at radius 3 is 2.22 bits per heavy atom. The van der Waals surface area contributed by atoms with Gasteiger partial charge >= 0.3 is 0 Å². The van der Waals surface area contributed by atoms with Gasteiger partial charge in [0.05, 0.1) is 9.21 Å². The number of ketones is 1. The van der Waals surface area contributed by atoms with Crippen LogP contribution in [-0.2, 0) is 0 Å². The molecule has 0 bridgehead atoms. The number of thiophene rings is 1.